The number of amides is 1. The maximum Gasteiger partial charge on any atom is 0.290 e. The Morgan fingerprint density at radius 3 is 2.88 bits per heavy atom. The Labute approximate surface area is 94.0 Å². The van der Waals surface area contributed by atoms with Crippen LogP contribution in [0.2, 0.25) is 0 Å². The van der Waals surface area contributed by atoms with Crippen LogP contribution in [0.25, 0.3) is 0 Å². The van der Waals surface area contributed by atoms with Gasteiger partial charge in [-0.25, -0.2) is 4.98 Å². The molecule has 0 atom stereocenters. The van der Waals surface area contributed by atoms with Crippen LogP contribution in [0.3, 0.4) is 0 Å². The summed E-state index contributed by atoms with van der Waals surface area (Å²) in [5.74, 6) is 2.36. The largest absolute Gasteiger partial charge is 0.349 e. The van der Waals surface area contributed by atoms with Crippen LogP contribution < -0.4 is 5.32 Å². The Bertz CT molecular complexity index is 392. The molecule has 2 aliphatic carbocycles. The van der Waals surface area contributed by atoms with Gasteiger partial charge in [-0.2, -0.15) is 0 Å². The van der Waals surface area contributed by atoms with Crippen molar-refractivity contribution in [2.45, 2.75) is 38.0 Å². The minimum atomic E-state index is -0.149. The average Bonchev–Trinajstić information content (AvgIpc) is 3.19. The highest BCUT2D eigenvalue weighted by Gasteiger charge is 2.28. The van der Waals surface area contributed by atoms with E-state index in [4.69, 9.17) is 0 Å². The number of H-pyrrole nitrogens is 1. The van der Waals surface area contributed by atoms with Crippen LogP contribution in [-0.2, 0) is 0 Å². The summed E-state index contributed by atoms with van der Waals surface area (Å²) in [5, 5.41) is 9.64. The zero-order chi connectivity index (χ0) is 11.0. The predicted octanol–water partition coefficient (Wildman–Crippen LogP) is 1.21. The van der Waals surface area contributed by atoms with E-state index in [2.05, 4.69) is 20.5 Å². The molecule has 2 N–H and O–H groups in total. The number of aromatic amines is 1. The van der Waals surface area contributed by atoms with Gasteiger partial charge >= 0.3 is 0 Å². The third-order valence-corrected chi connectivity index (χ3v) is 3.20. The standard InChI is InChI=1S/C11H16N4O/c16-11(12-6-5-7-1-2-7)10-13-9(14-15-10)8-3-4-8/h7-8H,1-6H2,(H,12,16)(H,13,14,15). The molecule has 5 heteroatoms. The summed E-state index contributed by atoms with van der Waals surface area (Å²) in [4.78, 5) is 15.9. The van der Waals surface area contributed by atoms with E-state index in [-0.39, 0.29) is 11.7 Å². The van der Waals surface area contributed by atoms with E-state index in [0.29, 0.717) is 5.92 Å². The summed E-state index contributed by atoms with van der Waals surface area (Å²) >= 11 is 0. The van der Waals surface area contributed by atoms with Crippen molar-refractivity contribution in [1.29, 1.82) is 0 Å². The highest BCUT2D eigenvalue weighted by Crippen LogP contribution is 2.37. The SMILES string of the molecule is O=C(NCCC1CC1)c1n[nH]c(C2CC2)n1. The highest BCUT2D eigenvalue weighted by molar-refractivity contribution is 5.90. The fourth-order valence-corrected chi connectivity index (χ4v) is 1.79. The molecule has 5 nitrogen and oxygen atoms in total. The first-order valence-electron chi connectivity index (χ1n) is 6.03. The van der Waals surface area contributed by atoms with Crippen molar-refractivity contribution in [3.63, 3.8) is 0 Å². The molecule has 1 heterocycles. The number of nitrogens with zero attached hydrogens (tertiary/aromatic N) is 2. The van der Waals surface area contributed by atoms with Gasteiger partial charge in [0, 0.05) is 12.5 Å². The molecular weight excluding hydrogens is 204 g/mol. The number of rotatable bonds is 5. The van der Waals surface area contributed by atoms with Crippen molar-refractivity contribution in [3.8, 4) is 0 Å². The average molecular weight is 220 g/mol. The van der Waals surface area contributed by atoms with Crippen LogP contribution in [0.5, 0.6) is 0 Å². The lowest BCUT2D eigenvalue weighted by molar-refractivity contribution is 0.0942. The summed E-state index contributed by atoms with van der Waals surface area (Å²) in [6.07, 6.45) is 6.06. The second-order valence-corrected chi connectivity index (χ2v) is 4.81. The molecule has 2 fully saturated rings. The molecule has 86 valence electrons. The van der Waals surface area contributed by atoms with E-state index in [0.717, 1.165) is 37.5 Å². The lowest BCUT2D eigenvalue weighted by Crippen LogP contribution is -2.25. The Morgan fingerprint density at radius 1 is 1.38 bits per heavy atom. The van der Waals surface area contributed by atoms with Gasteiger partial charge in [-0.3, -0.25) is 9.89 Å². The van der Waals surface area contributed by atoms with Crippen molar-refractivity contribution in [2.75, 3.05) is 6.54 Å². The molecule has 2 aliphatic rings. The Hall–Kier alpha value is -1.39. The summed E-state index contributed by atoms with van der Waals surface area (Å²) in [6, 6.07) is 0. The zero-order valence-corrected chi connectivity index (χ0v) is 9.20. The molecule has 0 spiro atoms. The number of nitrogens with one attached hydrogen (secondary N) is 2. The molecule has 0 aromatic carbocycles. The molecule has 0 unspecified atom stereocenters. The lowest BCUT2D eigenvalue weighted by atomic mass is 10.3. The topological polar surface area (TPSA) is 70.7 Å². The fraction of sp³-hybridized carbons (Fsp3) is 0.727. The summed E-state index contributed by atoms with van der Waals surface area (Å²) in [6.45, 7) is 0.747. The first kappa shape index (κ1) is 9.81. The van der Waals surface area contributed by atoms with Crippen LogP contribution in [-0.4, -0.2) is 27.6 Å². The highest BCUT2D eigenvalue weighted by atomic mass is 16.2. The first-order valence-corrected chi connectivity index (χ1v) is 6.03. The van der Waals surface area contributed by atoms with Gasteiger partial charge in [0.25, 0.3) is 5.91 Å². The molecule has 0 radical (unpaired) electrons. The van der Waals surface area contributed by atoms with Crippen LogP contribution in [0.1, 0.15) is 54.5 Å². The third-order valence-electron chi connectivity index (χ3n) is 3.20. The first-order chi connectivity index (χ1) is 7.83. The molecule has 16 heavy (non-hydrogen) atoms. The van der Waals surface area contributed by atoms with Gasteiger partial charge in [0.2, 0.25) is 5.82 Å². The summed E-state index contributed by atoms with van der Waals surface area (Å²) in [7, 11) is 0. The monoisotopic (exact) mass is 220 g/mol. The van der Waals surface area contributed by atoms with Gasteiger partial charge in [0.15, 0.2) is 0 Å². The number of aromatic nitrogens is 3. The molecule has 3 rings (SSSR count). The predicted molar refractivity (Wildman–Crippen MR) is 58.0 cm³/mol. The lowest BCUT2D eigenvalue weighted by Gasteiger charge is -2.00. The molecular formula is C11H16N4O. The number of hydrogen-bond acceptors (Lipinski definition) is 3. The smallest absolute Gasteiger partial charge is 0.290 e. The number of carbonyl (C=O) groups excluding carboxylic acids is 1. The van der Waals surface area contributed by atoms with Crippen LogP contribution in [0.4, 0.5) is 0 Å². The zero-order valence-electron chi connectivity index (χ0n) is 9.20. The van der Waals surface area contributed by atoms with Gasteiger partial charge < -0.3 is 5.32 Å². The second-order valence-electron chi connectivity index (χ2n) is 4.81. The molecule has 1 aromatic rings. The summed E-state index contributed by atoms with van der Waals surface area (Å²) < 4.78 is 0. The third kappa shape index (κ3) is 2.23. The van der Waals surface area contributed by atoms with Crippen LogP contribution in [0.15, 0.2) is 0 Å². The normalized spacial score (nSPS) is 19.8. The number of hydrogen-bond donors (Lipinski definition) is 2. The minimum absolute atomic E-state index is 0.149. The van der Waals surface area contributed by atoms with Gasteiger partial charge in [0.05, 0.1) is 0 Å². The van der Waals surface area contributed by atoms with E-state index >= 15 is 0 Å². The van der Waals surface area contributed by atoms with E-state index < -0.39 is 0 Å². The maximum absolute atomic E-state index is 11.6. The van der Waals surface area contributed by atoms with E-state index in [1.165, 1.54) is 12.8 Å². The van der Waals surface area contributed by atoms with Crippen molar-refractivity contribution in [1.82, 2.24) is 20.5 Å². The maximum atomic E-state index is 11.6. The Kier molecular flexibility index (Phi) is 2.38. The molecule has 0 bridgehead atoms. The Balaban J connectivity index is 1.51. The van der Waals surface area contributed by atoms with Crippen LogP contribution >= 0.6 is 0 Å². The van der Waals surface area contributed by atoms with Crippen molar-refractivity contribution in [2.24, 2.45) is 5.92 Å². The minimum Gasteiger partial charge on any atom is -0.349 e. The summed E-state index contributed by atoms with van der Waals surface area (Å²) in [5.41, 5.74) is 0. The van der Waals surface area contributed by atoms with Gasteiger partial charge in [-0.1, -0.05) is 12.8 Å². The Morgan fingerprint density at radius 2 is 2.19 bits per heavy atom. The van der Waals surface area contributed by atoms with Crippen molar-refractivity contribution >= 4 is 5.91 Å². The molecule has 1 aromatic heterocycles. The van der Waals surface area contributed by atoms with Crippen molar-refractivity contribution < 1.29 is 4.79 Å². The quantitative estimate of drug-likeness (QED) is 0.783. The fourth-order valence-electron chi connectivity index (χ4n) is 1.79. The molecule has 0 aliphatic heterocycles. The molecule has 0 saturated heterocycles. The van der Waals surface area contributed by atoms with Gasteiger partial charge in [-0.05, 0) is 25.2 Å². The van der Waals surface area contributed by atoms with E-state index in [1.54, 1.807) is 0 Å². The van der Waals surface area contributed by atoms with Gasteiger partial charge in [0.1, 0.15) is 5.82 Å². The molecule has 1 amide bonds. The number of carbonyl (C=O) groups is 1. The van der Waals surface area contributed by atoms with E-state index in [9.17, 15) is 4.79 Å². The van der Waals surface area contributed by atoms with Gasteiger partial charge in [-0.15, -0.1) is 5.10 Å². The molecule has 2 saturated carbocycles. The second kappa shape index (κ2) is 3.88. The van der Waals surface area contributed by atoms with E-state index in [1.807, 2.05) is 0 Å². The van der Waals surface area contributed by atoms with Crippen LogP contribution in [0, 0.1) is 5.92 Å². The van der Waals surface area contributed by atoms with Crippen molar-refractivity contribution in [3.05, 3.63) is 11.6 Å².